The maximum atomic E-state index is 11.6. The second kappa shape index (κ2) is 3.71. The minimum atomic E-state index is -4.24. The summed E-state index contributed by atoms with van der Waals surface area (Å²) in [6, 6.07) is 8.21. The van der Waals surface area contributed by atoms with Gasteiger partial charge in [0.2, 0.25) is 0 Å². The molecule has 1 rings (SSSR count). The molecule has 1 N–H and O–H groups in total. The molecule has 0 aromatic heterocycles. The minimum Gasteiger partial charge on any atom is -0.323 e. The van der Waals surface area contributed by atoms with Crippen molar-refractivity contribution >= 4 is 17.6 Å². The van der Waals surface area contributed by atoms with Crippen LogP contribution in [0, 0.1) is 0 Å². The summed E-state index contributed by atoms with van der Waals surface area (Å²) in [6.45, 7) is 0. The van der Waals surface area contributed by atoms with Gasteiger partial charge in [-0.2, -0.15) is 13.2 Å². The first kappa shape index (κ1) is 9.25. The first-order valence-electron chi connectivity index (χ1n) is 3.14. The fraction of sp³-hybridized carbons (Fsp3) is 0.143. The van der Waals surface area contributed by atoms with Crippen LogP contribution in [0.3, 0.4) is 0 Å². The van der Waals surface area contributed by atoms with Crippen molar-refractivity contribution in [3.8, 4) is 0 Å². The molecule has 0 radical (unpaired) electrons. The van der Waals surface area contributed by atoms with Crippen molar-refractivity contribution in [3.05, 3.63) is 30.3 Å². The van der Waals surface area contributed by atoms with E-state index in [0.29, 0.717) is 5.69 Å². The summed E-state index contributed by atoms with van der Waals surface area (Å²) in [5.74, 6) is 0. The van der Waals surface area contributed by atoms with Crippen LogP contribution in [0.25, 0.3) is 0 Å². The molecule has 0 amide bonds. The highest BCUT2D eigenvalue weighted by Crippen LogP contribution is 2.30. The summed E-state index contributed by atoms with van der Waals surface area (Å²) < 4.78 is 37.1. The zero-order valence-corrected chi connectivity index (χ0v) is 6.75. The molecule has 1 aromatic carbocycles. The van der Waals surface area contributed by atoms with Crippen molar-refractivity contribution in [1.82, 2.24) is 0 Å². The van der Waals surface area contributed by atoms with Crippen LogP contribution < -0.4 is 4.72 Å². The summed E-state index contributed by atoms with van der Waals surface area (Å²) in [5, 5.41) is 0. The van der Waals surface area contributed by atoms with E-state index in [1.807, 2.05) is 0 Å². The molecule has 0 atom stereocenters. The molecular formula is C7H6F3NS. The fourth-order valence-corrected chi connectivity index (χ4v) is 0.993. The highest BCUT2D eigenvalue weighted by atomic mass is 32.2. The van der Waals surface area contributed by atoms with Gasteiger partial charge >= 0.3 is 5.51 Å². The standard InChI is InChI=1S/C7H6F3NS/c8-7(9,10)12-11-6-4-2-1-3-5-6/h1-5,11H. The molecule has 0 heterocycles. The Labute approximate surface area is 72.1 Å². The quantitative estimate of drug-likeness (QED) is 0.723. The molecule has 0 saturated heterocycles. The van der Waals surface area contributed by atoms with Crippen LogP contribution >= 0.6 is 11.9 Å². The Kier molecular flexibility index (Phi) is 2.86. The molecule has 0 bridgehead atoms. The van der Waals surface area contributed by atoms with E-state index in [0.717, 1.165) is 0 Å². The van der Waals surface area contributed by atoms with Crippen molar-refractivity contribution in [3.63, 3.8) is 0 Å². The van der Waals surface area contributed by atoms with E-state index in [1.54, 1.807) is 30.3 Å². The van der Waals surface area contributed by atoms with Crippen LogP contribution in [-0.2, 0) is 0 Å². The monoisotopic (exact) mass is 193 g/mol. The first-order valence-corrected chi connectivity index (χ1v) is 3.95. The summed E-state index contributed by atoms with van der Waals surface area (Å²) in [7, 11) is 0. The summed E-state index contributed by atoms with van der Waals surface area (Å²) in [5.41, 5.74) is -3.80. The molecule has 0 saturated carbocycles. The van der Waals surface area contributed by atoms with Crippen LogP contribution in [0.4, 0.5) is 18.9 Å². The van der Waals surface area contributed by atoms with Crippen molar-refractivity contribution in [2.75, 3.05) is 4.72 Å². The molecular weight excluding hydrogens is 187 g/mol. The fourth-order valence-electron chi connectivity index (χ4n) is 0.623. The van der Waals surface area contributed by atoms with E-state index in [-0.39, 0.29) is 11.9 Å². The first-order chi connectivity index (χ1) is 5.58. The van der Waals surface area contributed by atoms with Gasteiger partial charge in [-0.25, -0.2) is 0 Å². The number of halogens is 3. The average molecular weight is 193 g/mol. The zero-order valence-electron chi connectivity index (χ0n) is 5.93. The number of para-hydroxylation sites is 1. The predicted octanol–water partition coefficient (Wildman–Crippen LogP) is 3.27. The Morgan fingerprint density at radius 1 is 1.08 bits per heavy atom. The average Bonchev–Trinajstić information content (AvgIpc) is 2.02. The van der Waals surface area contributed by atoms with Crippen LogP contribution in [0.2, 0.25) is 0 Å². The Morgan fingerprint density at radius 2 is 1.67 bits per heavy atom. The van der Waals surface area contributed by atoms with Crippen molar-refractivity contribution < 1.29 is 13.2 Å². The number of alkyl halides is 3. The highest BCUT2D eigenvalue weighted by Gasteiger charge is 2.28. The Balaban J connectivity index is 2.44. The molecule has 0 fully saturated rings. The molecule has 5 heteroatoms. The topological polar surface area (TPSA) is 12.0 Å². The maximum Gasteiger partial charge on any atom is 0.461 e. The number of hydrogen-bond acceptors (Lipinski definition) is 2. The molecule has 12 heavy (non-hydrogen) atoms. The third-order valence-electron chi connectivity index (χ3n) is 1.06. The van der Waals surface area contributed by atoms with Crippen LogP contribution in [0.15, 0.2) is 30.3 Å². The SMILES string of the molecule is FC(F)(F)SNc1ccccc1. The van der Waals surface area contributed by atoms with Crippen LogP contribution in [0.1, 0.15) is 0 Å². The van der Waals surface area contributed by atoms with Gasteiger partial charge in [-0.15, -0.1) is 0 Å². The van der Waals surface area contributed by atoms with E-state index in [1.165, 1.54) is 0 Å². The summed E-state index contributed by atoms with van der Waals surface area (Å²) in [4.78, 5) is 0. The number of anilines is 1. The Hall–Kier alpha value is -0.840. The highest BCUT2D eigenvalue weighted by molar-refractivity contribution is 8.01. The van der Waals surface area contributed by atoms with E-state index >= 15 is 0 Å². The molecule has 0 spiro atoms. The molecule has 0 aliphatic rings. The Morgan fingerprint density at radius 3 is 2.17 bits per heavy atom. The van der Waals surface area contributed by atoms with Gasteiger partial charge in [-0.3, -0.25) is 0 Å². The third-order valence-corrected chi connectivity index (χ3v) is 1.63. The number of nitrogens with one attached hydrogen (secondary N) is 1. The molecule has 0 aliphatic heterocycles. The largest absolute Gasteiger partial charge is 0.461 e. The van der Waals surface area contributed by atoms with Gasteiger partial charge in [0, 0.05) is 5.69 Å². The molecule has 1 nitrogen and oxygen atoms in total. The van der Waals surface area contributed by atoms with Gasteiger partial charge in [0.1, 0.15) is 0 Å². The lowest BCUT2D eigenvalue weighted by Crippen LogP contribution is -2.04. The zero-order chi connectivity index (χ0) is 9.03. The number of rotatable bonds is 2. The van der Waals surface area contributed by atoms with Gasteiger partial charge < -0.3 is 4.72 Å². The van der Waals surface area contributed by atoms with Crippen LogP contribution in [0.5, 0.6) is 0 Å². The lowest BCUT2D eigenvalue weighted by Gasteiger charge is -2.06. The van der Waals surface area contributed by atoms with E-state index in [4.69, 9.17) is 0 Å². The van der Waals surface area contributed by atoms with Gasteiger partial charge in [0.25, 0.3) is 0 Å². The van der Waals surface area contributed by atoms with Gasteiger partial charge in [-0.1, -0.05) is 18.2 Å². The normalized spacial score (nSPS) is 11.2. The predicted molar refractivity (Wildman–Crippen MR) is 43.7 cm³/mol. The summed E-state index contributed by atoms with van der Waals surface area (Å²) >= 11 is -0.263. The van der Waals surface area contributed by atoms with Crippen LogP contribution in [-0.4, -0.2) is 5.51 Å². The van der Waals surface area contributed by atoms with E-state index < -0.39 is 5.51 Å². The van der Waals surface area contributed by atoms with Crippen molar-refractivity contribution in [2.45, 2.75) is 5.51 Å². The molecule has 1 aromatic rings. The molecule has 0 aliphatic carbocycles. The van der Waals surface area contributed by atoms with Crippen molar-refractivity contribution in [2.24, 2.45) is 0 Å². The lowest BCUT2D eigenvalue weighted by atomic mass is 10.3. The molecule has 0 unspecified atom stereocenters. The van der Waals surface area contributed by atoms with E-state index in [2.05, 4.69) is 4.72 Å². The number of hydrogen-bond donors (Lipinski definition) is 1. The van der Waals surface area contributed by atoms with Gasteiger partial charge in [-0.05, 0) is 12.1 Å². The minimum absolute atomic E-state index is 0.263. The second-order valence-electron chi connectivity index (χ2n) is 2.02. The van der Waals surface area contributed by atoms with Gasteiger partial charge in [0.05, 0.1) is 11.9 Å². The number of benzene rings is 1. The Bertz CT molecular complexity index is 234. The second-order valence-corrected chi connectivity index (χ2v) is 2.89. The smallest absolute Gasteiger partial charge is 0.323 e. The molecule has 66 valence electrons. The third kappa shape index (κ3) is 3.52. The lowest BCUT2D eigenvalue weighted by molar-refractivity contribution is -0.0323. The van der Waals surface area contributed by atoms with Gasteiger partial charge in [0.15, 0.2) is 0 Å². The van der Waals surface area contributed by atoms with Crippen molar-refractivity contribution in [1.29, 1.82) is 0 Å². The van der Waals surface area contributed by atoms with E-state index in [9.17, 15) is 13.2 Å². The maximum absolute atomic E-state index is 11.6. The summed E-state index contributed by atoms with van der Waals surface area (Å²) in [6.07, 6.45) is 0.